The van der Waals surface area contributed by atoms with Crippen LogP contribution in [0.4, 0.5) is 0 Å². The van der Waals surface area contributed by atoms with Crippen LogP contribution in [0.5, 0.6) is 0 Å². The maximum atomic E-state index is 11.0. The van der Waals surface area contributed by atoms with Crippen molar-refractivity contribution < 1.29 is 24.9 Å². The Balaban J connectivity index is 2.07. The number of aliphatic hydroxyl groups excluding tert-OH is 2. The smallest absolute Gasteiger partial charge is 0.335 e. The van der Waals surface area contributed by atoms with Gasteiger partial charge in [0, 0.05) is 22.6 Å². The number of nitrogens with zero attached hydrogens (tertiary/aromatic N) is 4. The third-order valence-electron chi connectivity index (χ3n) is 3.32. The first-order chi connectivity index (χ1) is 9.90. The van der Waals surface area contributed by atoms with Crippen LogP contribution in [0, 0.1) is 10.8 Å². The Morgan fingerprint density at radius 1 is 1.38 bits per heavy atom. The summed E-state index contributed by atoms with van der Waals surface area (Å²) in [5.41, 5.74) is 1.60. The third kappa shape index (κ3) is 2.27. The first-order valence-corrected chi connectivity index (χ1v) is 7.09. The minimum Gasteiger partial charge on any atom is -0.479 e. The van der Waals surface area contributed by atoms with Gasteiger partial charge >= 0.3 is 5.97 Å². The molecule has 10 heteroatoms. The quantitative estimate of drug-likeness (QED) is 0.447. The molecule has 1 fully saturated rings. The molecule has 0 amide bonds. The van der Waals surface area contributed by atoms with Crippen molar-refractivity contribution in [3.05, 3.63) is 15.9 Å². The summed E-state index contributed by atoms with van der Waals surface area (Å²) in [5, 5.41) is 28.7. The molecule has 1 saturated heterocycles. The number of carbonyl (C=O) groups is 1. The molecule has 3 N–H and O–H groups in total. The van der Waals surface area contributed by atoms with Gasteiger partial charge in [-0.1, -0.05) is 0 Å². The largest absolute Gasteiger partial charge is 0.479 e. The van der Waals surface area contributed by atoms with E-state index in [2.05, 4.69) is 15.0 Å². The van der Waals surface area contributed by atoms with E-state index in [-0.39, 0.29) is 0 Å². The van der Waals surface area contributed by atoms with Crippen molar-refractivity contribution in [2.45, 2.75) is 31.5 Å². The summed E-state index contributed by atoms with van der Waals surface area (Å²) in [6.45, 7) is 1.77. The van der Waals surface area contributed by atoms with Gasteiger partial charge in [0.25, 0.3) is 0 Å². The highest BCUT2D eigenvalue weighted by molar-refractivity contribution is 14.1. The van der Waals surface area contributed by atoms with Gasteiger partial charge in [0.2, 0.25) is 0 Å². The Hall–Kier alpha value is -1.37. The van der Waals surface area contributed by atoms with Gasteiger partial charge in [-0.15, -0.1) is 0 Å². The van der Waals surface area contributed by atoms with Gasteiger partial charge in [-0.3, -0.25) is 4.57 Å². The van der Waals surface area contributed by atoms with Crippen LogP contribution in [-0.2, 0) is 9.53 Å². The molecule has 0 aliphatic carbocycles. The number of ether oxygens (including phenoxy) is 1. The van der Waals surface area contributed by atoms with Crippen LogP contribution in [0.1, 0.15) is 11.9 Å². The Kier molecular flexibility index (Phi) is 3.55. The highest BCUT2D eigenvalue weighted by atomic mass is 127. The van der Waals surface area contributed by atoms with Crippen molar-refractivity contribution in [1.29, 1.82) is 0 Å². The van der Waals surface area contributed by atoms with Crippen molar-refractivity contribution >= 4 is 39.7 Å². The predicted octanol–water partition coefficient (Wildman–Crippen LogP) is -0.557. The fourth-order valence-corrected chi connectivity index (χ4v) is 2.89. The van der Waals surface area contributed by atoms with E-state index in [4.69, 9.17) is 9.84 Å². The van der Waals surface area contributed by atoms with Crippen LogP contribution >= 0.6 is 22.6 Å². The maximum Gasteiger partial charge on any atom is 0.335 e. The number of halogens is 1. The van der Waals surface area contributed by atoms with E-state index in [9.17, 15) is 15.0 Å². The summed E-state index contributed by atoms with van der Waals surface area (Å²) in [6, 6.07) is 0. The summed E-state index contributed by atoms with van der Waals surface area (Å²) >= 11 is 1.94. The van der Waals surface area contributed by atoms with Gasteiger partial charge in [0.15, 0.2) is 21.8 Å². The molecule has 0 radical (unpaired) electrons. The zero-order valence-corrected chi connectivity index (χ0v) is 12.9. The van der Waals surface area contributed by atoms with Crippen LogP contribution in [0.25, 0.3) is 11.2 Å². The van der Waals surface area contributed by atoms with Gasteiger partial charge in [0.1, 0.15) is 17.7 Å². The Morgan fingerprint density at radius 3 is 2.71 bits per heavy atom. The van der Waals surface area contributed by atoms with Crippen LogP contribution < -0.4 is 0 Å². The molecule has 21 heavy (non-hydrogen) atoms. The van der Waals surface area contributed by atoms with Gasteiger partial charge in [0.05, 0.1) is 12.0 Å². The number of aliphatic hydroxyl groups is 2. The molecule has 3 heterocycles. The van der Waals surface area contributed by atoms with Gasteiger partial charge in [-0.2, -0.15) is 0 Å². The second kappa shape index (κ2) is 5.12. The van der Waals surface area contributed by atoms with Crippen molar-refractivity contribution in [3.63, 3.8) is 0 Å². The molecule has 0 spiro atoms. The number of aryl methyl sites for hydroxylation is 1. The minimum atomic E-state index is -1.52. The molecule has 0 bridgehead atoms. The van der Waals surface area contributed by atoms with E-state index in [1.54, 1.807) is 6.92 Å². The Morgan fingerprint density at radius 2 is 2.10 bits per heavy atom. The minimum absolute atomic E-state index is 0.411. The van der Waals surface area contributed by atoms with E-state index in [0.717, 1.165) is 0 Å². The fourth-order valence-electron chi connectivity index (χ4n) is 2.30. The molecule has 2 aromatic heterocycles. The average Bonchev–Trinajstić information content (AvgIpc) is 2.93. The predicted molar refractivity (Wildman–Crippen MR) is 76.3 cm³/mol. The van der Waals surface area contributed by atoms with Gasteiger partial charge in [-0.05, 0) is 6.92 Å². The zero-order chi connectivity index (χ0) is 15.3. The van der Waals surface area contributed by atoms with E-state index >= 15 is 0 Å². The molecule has 1 aliphatic rings. The highest BCUT2D eigenvalue weighted by Gasteiger charge is 2.47. The first-order valence-electron chi connectivity index (χ1n) is 6.01. The van der Waals surface area contributed by atoms with Gasteiger partial charge < -0.3 is 20.1 Å². The summed E-state index contributed by atoms with van der Waals surface area (Å²) in [6.07, 6.45) is -4.10. The van der Waals surface area contributed by atoms with Crippen molar-refractivity contribution in [1.82, 2.24) is 19.5 Å². The van der Waals surface area contributed by atoms with Crippen LogP contribution in [0.2, 0.25) is 0 Å². The number of fused-ring (bicyclic) bond motifs is 1. The highest BCUT2D eigenvalue weighted by Crippen LogP contribution is 2.31. The lowest BCUT2D eigenvalue weighted by Gasteiger charge is -2.16. The number of carboxylic acids is 1. The number of imidazole rings is 1. The molecule has 0 aromatic carbocycles. The number of hydrogen-bond acceptors (Lipinski definition) is 7. The number of hydrogen-bond donors (Lipinski definition) is 3. The molecule has 0 saturated carbocycles. The zero-order valence-electron chi connectivity index (χ0n) is 10.7. The molecule has 3 rings (SSSR count). The molecule has 1 unspecified atom stereocenters. The summed E-state index contributed by atoms with van der Waals surface area (Å²) in [4.78, 5) is 23.5. The number of carboxylic acid groups (broad SMARTS) is 1. The molecule has 1 aliphatic heterocycles. The van der Waals surface area contributed by atoms with E-state index in [1.807, 2.05) is 22.6 Å². The Bertz CT molecular complexity index is 720. The van der Waals surface area contributed by atoms with E-state index in [0.29, 0.717) is 20.7 Å². The van der Waals surface area contributed by atoms with Crippen molar-refractivity contribution in [3.8, 4) is 0 Å². The molecule has 9 nitrogen and oxygen atoms in total. The average molecular weight is 406 g/mol. The maximum absolute atomic E-state index is 11.0. The van der Waals surface area contributed by atoms with E-state index < -0.39 is 30.5 Å². The van der Waals surface area contributed by atoms with Crippen molar-refractivity contribution in [2.75, 3.05) is 0 Å². The second-order valence-corrected chi connectivity index (χ2v) is 5.63. The van der Waals surface area contributed by atoms with Gasteiger partial charge in [-0.25, -0.2) is 19.7 Å². The second-order valence-electron chi connectivity index (χ2n) is 4.67. The fraction of sp³-hybridized carbons (Fsp3) is 0.455. The lowest BCUT2D eigenvalue weighted by Crippen LogP contribution is -2.35. The third-order valence-corrected chi connectivity index (χ3v) is 3.81. The standard InChI is InChI=1S/C11H11IN4O5/c1-3-4-8(15-11(12)14-3)16(2-13-4)9-6(18)5(17)7(21-9)10(19)20/h2,5-7,9,17-18H,1H3,(H,19,20)/t5-,6?,7+,9-/m1/s1. The normalized spacial score (nSPS) is 29.1. The summed E-state index contributed by atoms with van der Waals surface area (Å²) < 4.78 is 7.13. The monoisotopic (exact) mass is 406 g/mol. The summed E-state index contributed by atoms with van der Waals surface area (Å²) in [5.74, 6) is -1.34. The number of aromatic nitrogens is 4. The van der Waals surface area contributed by atoms with Crippen LogP contribution in [0.3, 0.4) is 0 Å². The number of aliphatic carboxylic acids is 1. The Labute approximate surface area is 131 Å². The molecule has 2 aromatic rings. The van der Waals surface area contributed by atoms with Crippen molar-refractivity contribution in [2.24, 2.45) is 0 Å². The lowest BCUT2D eigenvalue weighted by molar-refractivity contribution is -0.155. The lowest BCUT2D eigenvalue weighted by atomic mass is 10.1. The molecular weight excluding hydrogens is 395 g/mol. The first kappa shape index (κ1) is 14.6. The SMILES string of the molecule is Cc1nc(I)nc2c1ncn2[C@@H]1O[C@H](C(=O)O)[C@H](O)C1O. The molecule has 4 atom stereocenters. The van der Waals surface area contributed by atoms with Crippen LogP contribution in [0.15, 0.2) is 6.33 Å². The van der Waals surface area contributed by atoms with Crippen LogP contribution in [-0.4, -0.2) is 59.1 Å². The molecular formula is C11H11IN4O5. The summed E-state index contributed by atoms with van der Waals surface area (Å²) in [7, 11) is 0. The topological polar surface area (TPSA) is 131 Å². The molecule has 112 valence electrons. The number of rotatable bonds is 2. The van der Waals surface area contributed by atoms with E-state index in [1.165, 1.54) is 10.9 Å².